The van der Waals surface area contributed by atoms with Crippen LogP contribution in [0.1, 0.15) is 30.0 Å². The van der Waals surface area contributed by atoms with Crippen molar-refractivity contribution < 1.29 is 4.79 Å². The summed E-state index contributed by atoms with van der Waals surface area (Å²) in [5, 5.41) is 6.10. The molecule has 0 aliphatic heterocycles. The van der Waals surface area contributed by atoms with Crippen molar-refractivity contribution >= 4 is 63.5 Å². The lowest BCUT2D eigenvalue weighted by Crippen LogP contribution is -2.23. The van der Waals surface area contributed by atoms with Gasteiger partial charge in [-0.25, -0.2) is 9.97 Å². The number of benzene rings is 1. The molecule has 0 aliphatic rings. The maximum absolute atomic E-state index is 12.3. The number of hydrogen-bond donors (Lipinski definition) is 2. The molecule has 2 aromatic heterocycles. The second-order valence-electron chi connectivity index (χ2n) is 6.23. The molecule has 6 nitrogen and oxygen atoms in total. The number of hydrogen-bond acceptors (Lipinski definition) is 6. The Kier molecular flexibility index (Phi) is 6.95. The molecule has 9 heteroatoms. The summed E-state index contributed by atoms with van der Waals surface area (Å²) in [5.74, 6) is 2.01. The quantitative estimate of drug-likeness (QED) is 0.462. The Morgan fingerprint density at radius 2 is 1.72 bits per heavy atom. The van der Waals surface area contributed by atoms with Crippen molar-refractivity contribution in [2.24, 2.45) is 0 Å². The lowest BCUT2D eigenvalue weighted by Gasteiger charge is -2.20. The zero-order chi connectivity index (χ0) is 21.0. The largest absolute Gasteiger partial charge is 0.357 e. The van der Waals surface area contributed by atoms with E-state index in [0.717, 1.165) is 41.7 Å². The minimum absolute atomic E-state index is 0.297. The Labute approximate surface area is 183 Å². The van der Waals surface area contributed by atoms with Crippen molar-refractivity contribution in [2.75, 3.05) is 28.6 Å². The van der Waals surface area contributed by atoms with Gasteiger partial charge in [-0.05, 0) is 51.1 Å². The Bertz CT molecular complexity index is 1000. The summed E-state index contributed by atoms with van der Waals surface area (Å²) in [7, 11) is 0. The number of rotatable bonds is 7. The molecule has 2 heterocycles. The zero-order valence-corrected chi connectivity index (χ0v) is 18.6. The number of nitrogens with zero attached hydrogens (tertiary/aromatic N) is 3. The maximum atomic E-state index is 12.3. The van der Waals surface area contributed by atoms with Crippen molar-refractivity contribution in [3.8, 4) is 0 Å². The number of carbonyl (C=O) groups excluding carboxylic acids is 1. The van der Waals surface area contributed by atoms with Gasteiger partial charge in [-0.2, -0.15) is 0 Å². The highest BCUT2D eigenvalue weighted by Gasteiger charge is 2.14. The standard InChI is InChI=1S/C20H21Cl2N5OS/c1-4-27(5-2)18-11-17(23-12(3)24-18)25-13-6-8-14(9-7-13)26-20(28)15-10-16(21)29-19(15)22/h6-11H,4-5H2,1-3H3,(H,26,28)(H,23,24,25). The van der Waals surface area contributed by atoms with Crippen LogP contribution in [0.25, 0.3) is 0 Å². The van der Waals surface area contributed by atoms with Gasteiger partial charge in [0.2, 0.25) is 0 Å². The van der Waals surface area contributed by atoms with Crippen molar-refractivity contribution in [3.05, 3.63) is 56.5 Å². The number of halogens is 2. The van der Waals surface area contributed by atoms with Gasteiger partial charge < -0.3 is 15.5 Å². The van der Waals surface area contributed by atoms with Crippen LogP contribution in [0.5, 0.6) is 0 Å². The fourth-order valence-corrected chi connectivity index (χ4v) is 4.26. The molecular weight excluding hydrogens is 429 g/mol. The van der Waals surface area contributed by atoms with Crippen LogP contribution in [-0.4, -0.2) is 29.0 Å². The summed E-state index contributed by atoms with van der Waals surface area (Å²) >= 11 is 13.1. The normalized spacial score (nSPS) is 10.7. The Morgan fingerprint density at radius 1 is 1.07 bits per heavy atom. The first kappa shape index (κ1) is 21.4. The van der Waals surface area contributed by atoms with Crippen LogP contribution in [0.2, 0.25) is 8.67 Å². The number of thiophene rings is 1. The van der Waals surface area contributed by atoms with Crippen molar-refractivity contribution in [2.45, 2.75) is 20.8 Å². The monoisotopic (exact) mass is 449 g/mol. The highest BCUT2D eigenvalue weighted by molar-refractivity contribution is 7.20. The van der Waals surface area contributed by atoms with E-state index in [1.165, 1.54) is 0 Å². The summed E-state index contributed by atoms with van der Waals surface area (Å²) in [6.07, 6.45) is 0. The van der Waals surface area contributed by atoms with Crippen LogP contribution in [0.15, 0.2) is 36.4 Å². The predicted octanol–water partition coefficient (Wildman–Crippen LogP) is 6.00. The molecule has 0 atom stereocenters. The molecule has 0 saturated carbocycles. The number of amides is 1. The number of aromatic nitrogens is 2. The van der Waals surface area contributed by atoms with Gasteiger partial charge in [0.05, 0.1) is 9.90 Å². The lowest BCUT2D eigenvalue weighted by molar-refractivity contribution is 0.102. The molecule has 0 bridgehead atoms. The van der Waals surface area contributed by atoms with E-state index in [0.29, 0.717) is 25.7 Å². The summed E-state index contributed by atoms with van der Waals surface area (Å²) < 4.78 is 0.845. The molecule has 0 unspecified atom stereocenters. The summed E-state index contributed by atoms with van der Waals surface area (Å²) in [4.78, 5) is 23.5. The van der Waals surface area contributed by atoms with E-state index < -0.39 is 0 Å². The number of carbonyl (C=O) groups is 1. The second-order valence-corrected chi connectivity index (χ2v) is 8.51. The van der Waals surface area contributed by atoms with Crippen LogP contribution in [-0.2, 0) is 0 Å². The number of aryl methyl sites for hydroxylation is 1. The minimum atomic E-state index is -0.297. The second kappa shape index (κ2) is 9.43. The fraction of sp³-hybridized carbons (Fsp3) is 0.250. The van der Waals surface area contributed by atoms with E-state index in [4.69, 9.17) is 23.2 Å². The third-order valence-corrected chi connectivity index (χ3v) is 5.72. The molecule has 0 spiro atoms. The topological polar surface area (TPSA) is 70.2 Å². The minimum Gasteiger partial charge on any atom is -0.357 e. The van der Waals surface area contributed by atoms with Crippen LogP contribution in [0.4, 0.5) is 23.0 Å². The van der Waals surface area contributed by atoms with Gasteiger partial charge >= 0.3 is 0 Å². The molecular formula is C20H21Cl2N5OS. The Morgan fingerprint density at radius 3 is 2.31 bits per heavy atom. The highest BCUT2D eigenvalue weighted by atomic mass is 35.5. The van der Waals surface area contributed by atoms with E-state index in [2.05, 4.69) is 39.3 Å². The summed E-state index contributed by atoms with van der Waals surface area (Å²) in [6.45, 7) is 7.81. The molecule has 152 valence electrons. The van der Waals surface area contributed by atoms with Gasteiger partial charge in [0, 0.05) is 30.5 Å². The molecule has 3 rings (SSSR count). The molecule has 2 N–H and O–H groups in total. The van der Waals surface area contributed by atoms with E-state index in [1.54, 1.807) is 6.07 Å². The smallest absolute Gasteiger partial charge is 0.258 e. The van der Waals surface area contributed by atoms with Crippen molar-refractivity contribution in [1.29, 1.82) is 0 Å². The lowest BCUT2D eigenvalue weighted by atomic mass is 10.2. The summed E-state index contributed by atoms with van der Waals surface area (Å²) in [5.41, 5.74) is 1.87. The highest BCUT2D eigenvalue weighted by Crippen LogP contribution is 2.31. The first-order valence-electron chi connectivity index (χ1n) is 9.13. The molecule has 0 aliphatic carbocycles. The molecule has 3 aromatic rings. The van der Waals surface area contributed by atoms with Gasteiger partial charge in [-0.1, -0.05) is 23.2 Å². The van der Waals surface area contributed by atoms with Crippen LogP contribution < -0.4 is 15.5 Å². The molecule has 0 radical (unpaired) electrons. The molecule has 29 heavy (non-hydrogen) atoms. The molecule has 1 aromatic carbocycles. The Balaban J connectivity index is 1.71. The first-order chi connectivity index (χ1) is 13.9. The van der Waals surface area contributed by atoms with Crippen LogP contribution >= 0.6 is 34.5 Å². The summed E-state index contributed by atoms with van der Waals surface area (Å²) in [6, 6.07) is 10.8. The average molecular weight is 450 g/mol. The van der Waals surface area contributed by atoms with Crippen molar-refractivity contribution in [1.82, 2.24) is 9.97 Å². The zero-order valence-electron chi connectivity index (χ0n) is 16.3. The van der Waals surface area contributed by atoms with E-state index in [9.17, 15) is 4.79 Å². The maximum Gasteiger partial charge on any atom is 0.258 e. The third-order valence-electron chi connectivity index (χ3n) is 4.23. The van der Waals surface area contributed by atoms with Crippen LogP contribution in [0.3, 0.4) is 0 Å². The Hall–Kier alpha value is -2.35. The van der Waals surface area contributed by atoms with Gasteiger partial charge in [0.1, 0.15) is 21.8 Å². The fourth-order valence-electron chi connectivity index (χ4n) is 2.80. The van der Waals surface area contributed by atoms with Crippen LogP contribution in [0, 0.1) is 6.92 Å². The average Bonchev–Trinajstić information content (AvgIpc) is 3.02. The number of nitrogens with one attached hydrogen (secondary N) is 2. The van der Waals surface area contributed by atoms with Gasteiger partial charge in [-0.3, -0.25) is 4.79 Å². The van der Waals surface area contributed by atoms with Crippen molar-refractivity contribution in [3.63, 3.8) is 0 Å². The molecule has 0 fully saturated rings. The SMILES string of the molecule is CCN(CC)c1cc(Nc2ccc(NC(=O)c3cc(Cl)sc3Cl)cc2)nc(C)n1. The number of anilines is 4. The molecule has 1 amide bonds. The van der Waals surface area contributed by atoms with E-state index in [-0.39, 0.29) is 5.91 Å². The first-order valence-corrected chi connectivity index (χ1v) is 10.7. The third kappa shape index (κ3) is 5.38. The predicted molar refractivity (Wildman–Crippen MR) is 122 cm³/mol. The van der Waals surface area contributed by atoms with Gasteiger partial charge in [0.25, 0.3) is 5.91 Å². The van der Waals surface area contributed by atoms with Gasteiger partial charge in [0.15, 0.2) is 0 Å². The molecule has 0 saturated heterocycles. The van der Waals surface area contributed by atoms with E-state index >= 15 is 0 Å². The van der Waals surface area contributed by atoms with Gasteiger partial charge in [-0.15, -0.1) is 11.3 Å². The van der Waals surface area contributed by atoms with E-state index in [1.807, 2.05) is 37.3 Å².